The molecule has 1 N–H and O–H groups in total. The number of carbonyl (C=O) groups is 1. The summed E-state index contributed by atoms with van der Waals surface area (Å²) in [7, 11) is 0. The van der Waals surface area contributed by atoms with Gasteiger partial charge in [0.1, 0.15) is 6.10 Å². The van der Waals surface area contributed by atoms with E-state index in [1.54, 1.807) is 0 Å². The molecule has 3 atom stereocenters. The zero-order chi connectivity index (χ0) is 19.9. The normalized spacial score (nSPS) is 28.5. The number of hydrogen-bond acceptors (Lipinski definition) is 4. The number of ether oxygens (including phenoxy) is 1. The fourth-order valence-corrected chi connectivity index (χ4v) is 4.64. The Bertz CT molecular complexity index is 527. The van der Waals surface area contributed by atoms with Crippen LogP contribution in [0, 0.1) is 0 Å². The maximum Gasteiger partial charge on any atom is 0.251 e. The lowest BCUT2D eigenvalue weighted by molar-refractivity contribution is -0.142. The molecule has 0 saturated carbocycles. The van der Waals surface area contributed by atoms with E-state index in [9.17, 15) is 4.79 Å². The fraction of sp³-hybridized carbons (Fsp3) is 0.905. The minimum Gasteiger partial charge on any atom is -0.368 e. The minimum absolute atomic E-state index is 0.173. The highest BCUT2D eigenvalue weighted by Gasteiger charge is 2.31. The average molecular weight is 394 g/mol. The number of guanidine groups is 1. The van der Waals surface area contributed by atoms with Crippen LogP contribution in [0.1, 0.15) is 52.9 Å². The second-order valence-electron chi connectivity index (χ2n) is 8.44. The number of rotatable bonds is 5. The quantitative estimate of drug-likeness (QED) is 0.567. The average Bonchev–Trinajstić information content (AvgIpc) is 3.26. The number of aliphatic imine (C=N–C) groups is 1. The zero-order valence-electron chi connectivity index (χ0n) is 18.0. The Morgan fingerprint density at radius 3 is 2.50 bits per heavy atom. The number of piperazine rings is 1. The van der Waals surface area contributed by atoms with Gasteiger partial charge in [-0.1, -0.05) is 6.42 Å². The summed E-state index contributed by atoms with van der Waals surface area (Å²) in [5.41, 5.74) is 0. The smallest absolute Gasteiger partial charge is 0.251 e. The van der Waals surface area contributed by atoms with Gasteiger partial charge in [0, 0.05) is 51.4 Å². The topological polar surface area (TPSA) is 60.4 Å². The van der Waals surface area contributed by atoms with Crippen molar-refractivity contribution < 1.29 is 9.53 Å². The molecule has 3 rings (SSSR count). The second-order valence-corrected chi connectivity index (χ2v) is 8.44. The third-order valence-corrected chi connectivity index (χ3v) is 6.36. The molecule has 1 amide bonds. The van der Waals surface area contributed by atoms with Crippen LogP contribution in [0.4, 0.5) is 0 Å². The van der Waals surface area contributed by atoms with Crippen LogP contribution in [0.5, 0.6) is 0 Å². The van der Waals surface area contributed by atoms with Crippen molar-refractivity contribution in [1.29, 1.82) is 0 Å². The third kappa shape index (κ3) is 5.38. The van der Waals surface area contributed by atoms with Crippen molar-refractivity contribution in [3.63, 3.8) is 0 Å². The van der Waals surface area contributed by atoms with Gasteiger partial charge in [0.25, 0.3) is 5.91 Å². The van der Waals surface area contributed by atoms with Crippen LogP contribution in [-0.4, -0.2) is 97.2 Å². The number of nitrogens with one attached hydrogen (secondary N) is 1. The molecule has 0 spiro atoms. The van der Waals surface area contributed by atoms with Crippen molar-refractivity contribution in [3.8, 4) is 0 Å². The first-order valence-electron chi connectivity index (χ1n) is 11.3. The highest BCUT2D eigenvalue weighted by molar-refractivity contribution is 5.82. The van der Waals surface area contributed by atoms with E-state index in [2.05, 4.69) is 35.9 Å². The van der Waals surface area contributed by atoms with Crippen LogP contribution in [0.3, 0.4) is 0 Å². The summed E-state index contributed by atoms with van der Waals surface area (Å²) in [5.74, 6) is 1.16. The van der Waals surface area contributed by atoms with E-state index in [1.807, 2.05) is 4.90 Å². The lowest BCUT2D eigenvalue weighted by atomic mass is 10.0. The molecule has 0 aliphatic carbocycles. The molecule has 3 heterocycles. The van der Waals surface area contributed by atoms with Gasteiger partial charge in [-0.2, -0.15) is 0 Å². The van der Waals surface area contributed by atoms with Crippen LogP contribution >= 0.6 is 0 Å². The van der Waals surface area contributed by atoms with Crippen molar-refractivity contribution in [3.05, 3.63) is 0 Å². The molecule has 0 aromatic heterocycles. The van der Waals surface area contributed by atoms with E-state index in [0.29, 0.717) is 12.1 Å². The highest BCUT2D eigenvalue weighted by atomic mass is 16.5. The molecule has 0 radical (unpaired) electrons. The molecule has 0 bridgehead atoms. The predicted molar refractivity (Wildman–Crippen MR) is 113 cm³/mol. The molecule has 3 aliphatic rings. The first-order valence-corrected chi connectivity index (χ1v) is 11.3. The van der Waals surface area contributed by atoms with E-state index >= 15 is 0 Å². The summed E-state index contributed by atoms with van der Waals surface area (Å²) in [6, 6.07) is 1.13. The molecule has 0 aromatic carbocycles. The van der Waals surface area contributed by atoms with Crippen LogP contribution < -0.4 is 5.32 Å². The van der Waals surface area contributed by atoms with Gasteiger partial charge in [0.15, 0.2) is 5.96 Å². The Kier molecular flexibility index (Phi) is 7.97. The van der Waals surface area contributed by atoms with E-state index in [1.165, 1.54) is 25.8 Å². The van der Waals surface area contributed by atoms with E-state index < -0.39 is 0 Å². The molecule has 3 fully saturated rings. The van der Waals surface area contributed by atoms with Gasteiger partial charge in [0.05, 0.1) is 6.54 Å². The Labute approximate surface area is 170 Å². The van der Waals surface area contributed by atoms with Gasteiger partial charge < -0.3 is 19.9 Å². The number of hydrogen-bond donors (Lipinski definition) is 1. The number of amides is 1. The number of piperidine rings is 1. The minimum atomic E-state index is -0.208. The number of likely N-dealkylation sites (tertiary alicyclic amines) is 1. The molecule has 3 saturated heterocycles. The van der Waals surface area contributed by atoms with Gasteiger partial charge in [-0.25, -0.2) is 0 Å². The van der Waals surface area contributed by atoms with Crippen LogP contribution in [0.25, 0.3) is 0 Å². The Morgan fingerprint density at radius 1 is 1.11 bits per heavy atom. The summed E-state index contributed by atoms with van der Waals surface area (Å²) in [6.07, 6.45) is 5.62. The number of carbonyl (C=O) groups excluding carboxylic acids is 1. The van der Waals surface area contributed by atoms with E-state index in [-0.39, 0.29) is 12.0 Å². The molecule has 3 aliphatic heterocycles. The summed E-state index contributed by atoms with van der Waals surface area (Å²) in [5, 5.41) is 3.45. The van der Waals surface area contributed by atoms with Crippen molar-refractivity contribution in [2.75, 3.05) is 52.4 Å². The summed E-state index contributed by atoms with van der Waals surface area (Å²) in [6.45, 7) is 13.5. The first-order chi connectivity index (χ1) is 13.6. The molecule has 3 unspecified atom stereocenters. The van der Waals surface area contributed by atoms with Crippen LogP contribution in [0.2, 0.25) is 0 Å². The van der Waals surface area contributed by atoms with Crippen LogP contribution in [0.15, 0.2) is 4.99 Å². The summed E-state index contributed by atoms with van der Waals surface area (Å²) < 4.78 is 5.57. The lowest BCUT2D eigenvalue weighted by Crippen LogP contribution is -2.55. The SMILES string of the molecule is CCNC(=NCC(C)N1CCCCC1C)N1CCN(C(=O)C2CCCO2)CC1. The molecule has 28 heavy (non-hydrogen) atoms. The largest absolute Gasteiger partial charge is 0.368 e. The van der Waals surface area contributed by atoms with Gasteiger partial charge in [-0.15, -0.1) is 0 Å². The molecular formula is C21H39N5O2. The van der Waals surface area contributed by atoms with Crippen LogP contribution in [-0.2, 0) is 9.53 Å². The Hall–Kier alpha value is -1.34. The van der Waals surface area contributed by atoms with E-state index in [4.69, 9.17) is 9.73 Å². The monoisotopic (exact) mass is 393 g/mol. The predicted octanol–water partition coefficient (Wildman–Crippen LogP) is 1.54. The van der Waals surface area contributed by atoms with Gasteiger partial charge >= 0.3 is 0 Å². The Morgan fingerprint density at radius 2 is 1.86 bits per heavy atom. The fourth-order valence-electron chi connectivity index (χ4n) is 4.64. The Balaban J connectivity index is 1.52. The number of nitrogens with zero attached hydrogens (tertiary/aromatic N) is 4. The maximum absolute atomic E-state index is 12.6. The molecular weight excluding hydrogens is 354 g/mol. The molecule has 7 heteroatoms. The molecule has 7 nitrogen and oxygen atoms in total. The molecule has 160 valence electrons. The van der Waals surface area contributed by atoms with Gasteiger partial charge in [0.2, 0.25) is 0 Å². The van der Waals surface area contributed by atoms with E-state index in [0.717, 1.165) is 64.7 Å². The summed E-state index contributed by atoms with van der Waals surface area (Å²) >= 11 is 0. The lowest BCUT2D eigenvalue weighted by Gasteiger charge is -2.39. The second kappa shape index (κ2) is 10.4. The standard InChI is InChI=1S/C21H39N5O2/c1-4-22-21(23-16-18(3)26-10-6-5-8-17(26)2)25-13-11-24(12-14-25)20(27)19-9-7-15-28-19/h17-19H,4-16H2,1-3H3,(H,22,23). The van der Waals surface area contributed by atoms with Crippen molar-refractivity contribution in [1.82, 2.24) is 20.0 Å². The van der Waals surface area contributed by atoms with Gasteiger partial charge in [-0.05, 0) is 53.0 Å². The summed E-state index contributed by atoms with van der Waals surface area (Å²) in [4.78, 5) is 24.4. The van der Waals surface area contributed by atoms with Crippen molar-refractivity contribution in [2.45, 2.75) is 71.1 Å². The zero-order valence-corrected chi connectivity index (χ0v) is 18.0. The first kappa shape index (κ1) is 21.4. The maximum atomic E-state index is 12.6. The van der Waals surface area contributed by atoms with Crippen molar-refractivity contribution in [2.24, 2.45) is 4.99 Å². The van der Waals surface area contributed by atoms with Gasteiger partial charge in [-0.3, -0.25) is 14.7 Å². The third-order valence-electron chi connectivity index (χ3n) is 6.36. The molecule has 0 aromatic rings. The van der Waals surface area contributed by atoms with Crippen molar-refractivity contribution >= 4 is 11.9 Å². The highest BCUT2D eigenvalue weighted by Crippen LogP contribution is 2.19.